The molecule has 2 N–H and O–H groups in total. The summed E-state index contributed by atoms with van der Waals surface area (Å²) < 4.78 is 12.1. The lowest BCUT2D eigenvalue weighted by Crippen LogP contribution is -2.61. The van der Waals surface area contributed by atoms with E-state index >= 15 is 0 Å². The van der Waals surface area contributed by atoms with Gasteiger partial charge in [-0.15, -0.1) is 0 Å². The minimum absolute atomic E-state index is 0.140. The number of rotatable bonds is 3. The third-order valence-corrected chi connectivity index (χ3v) is 9.59. The number of hydrogen-bond donors (Lipinski definition) is 2. The van der Waals surface area contributed by atoms with Crippen LogP contribution in [0.2, 0.25) is 0 Å². The van der Waals surface area contributed by atoms with Crippen molar-refractivity contribution in [3.63, 3.8) is 0 Å². The van der Waals surface area contributed by atoms with Crippen LogP contribution in [0.1, 0.15) is 45.4 Å². The van der Waals surface area contributed by atoms with Gasteiger partial charge in [-0.25, -0.2) is 0 Å². The van der Waals surface area contributed by atoms with Crippen LogP contribution < -0.4 is 10.6 Å². The van der Waals surface area contributed by atoms with Gasteiger partial charge in [-0.1, -0.05) is 15.9 Å². The van der Waals surface area contributed by atoms with Crippen LogP contribution in [0.5, 0.6) is 0 Å². The lowest BCUT2D eigenvalue weighted by atomic mass is 9.87. The molecule has 1 amide bonds. The van der Waals surface area contributed by atoms with E-state index in [0.29, 0.717) is 24.6 Å². The molecule has 0 bridgehead atoms. The number of nitrogens with zero attached hydrogens (tertiary/aromatic N) is 3. The van der Waals surface area contributed by atoms with Crippen molar-refractivity contribution >= 4 is 21.8 Å². The van der Waals surface area contributed by atoms with E-state index in [4.69, 9.17) is 9.47 Å². The SMILES string of the molecule is CC(=O)N1CCOC2(CCN(C3CCC(NC4NCC5OC(C#N)CC5C4Br)CC3)C2)C1. The Morgan fingerprint density at radius 1 is 1.25 bits per heavy atom. The monoisotopic (exact) mass is 509 g/mol. The number of piperidine rings is 1. The number of halogens is 1. The molecule has 178 valence electrons. The van der Waals surface area contributed by atoms with E-state index in [2.05, 4.69) is 37.5 Å². The molecule has 0 aromatic rings. The second kappa shape index (κ2) is 9.47. The Morgan fingerprint density at radius 2 is 2.06 bits per heavy atom. The minimum atomic E-state index is -0.263. The summed E-state index contributed by atoms with van der Waals surface area (Å²) in [7, 11) is 0. The Labute approximate surface area is 199 Å². The van der Waals surface area contributed by atoms with Crippen LogP contribution in [-0.2, 0) is 14.3 Å². The molecule has 4 aliphatic heterocycles. The number of carbonyl (C=O) groups is 1. The first-order chi connectivity index (χ1) is 15.5. The molecule has 6 unspecified atom stereocenters. The second-order valence-electron chi connectivity index (χ2n) is 10.4. The van der Waals surface area contributed by atoms with Gasteiger partial charge < -0.3 is 14.4 Å². The van der Waals surface area contributed by atoms with E-state index in [1.165, 1.54) is 25.7 Å². The van der Waals surface area contributed by atoms with Gasteiger partial charge in [0.05, 0.1) is 37.1 Å². The topological polar surface area (TPSA) is 89.9 Å². The number of fused-ring (bicyclic) bond motifs is 1. The van der Waals surface area contributed by atoms with E-state index in [1.807, 2.05) is 4.90 Å². The molecule has 4 saturated heterocycles. The van der Waals surface area contributed by atoms with Gasteiger partial charge in [-0.05, 0) is 38.5 Å². The van der Waals surface area contributed by atoms with Crippen molar-refractivity contribution in [3.8, 4) is 6.07 Å². The van der Waals surface area contributed by atoms with Gasteiger partial charge in [0.2, 0.25) is 5.91 Å². The predicted molar refractivity (Wildman–Crippen MR) is 123 cm³/mol. The molecule has 9 heteroatoms. The summed E-state index contributed by atoms with van der Waals surface area (Å²) >= 11 is 3.90. The lowest BCUT2D eigenvalue weighted by molar-refractivity contribution is -0.147. The first kappa shape index (κ1) is 23.0. The average Bonchev–Trinajstić information content (AvgIpc) is 3.41. The average molecular weight is 510 g/mol. The highest BCUT2D eigenvalue weighted by Gasteiger charge is 2.47. The summed E-state index contributed by atoms with van der Waals surface area (Å²) in [6, 6.07) is 3.41. The minimum Gasteiger partial charge on any atom is -0.370 e. The van der Waals surface area contributed by atoms with Crippen LogP contribution >= 0.6 is 15.9 Å². The van der Waals surface area contributed by atoms with Crippen LogP contribution in [0, 0.1) is 17.2 Å². The molecular formula is C23H36BrN5O3. The molecule has 4 heterocycles. The largest absolute Gasteiger partial charge is 0.370 e. The number of nitriles is 1. The number of nitrogens with one attached hydrogen (secondary N) is 2. The molecule has 1 aliphatic carbocycles. The van der Waals surface area contributed by atoms with E-state index in [-0.39, 0.29) is 34.7 Å². The maximum absolute atomic E-state index is 11.9. The number of amides is 1. The number of carbonyl (C=O) groups excluding carboxylic acids is 1. The van der Waals surface area contributed by atoms with E-state index < -0.39 is 0 Å². The number of ether oxygens (including phenoxy) is 2. The quantitative estimate of drug-likeness (QED) is 0.552. The third kappa shape index (κ3) is 4.59. The van der Waals surface area contributed by atoms with Crippen LogP contribution in [0.4, 0.5) is 0 Å². The first-order valence-corrected chi connectivity index (χ1v) is 13.2. The smallest absolute Gasteiger partial charge is 0.219 e. The van der Waals surface area contributed by atoms with Crippen LogP contribution in [0.15, 0.2) is 0 Å². The summed E-state index contributed by atoms with van der Waals surface area (Å²) in [5.74, 6) is 0.554. The van der Waals surface area contributed by atoms with Crippen LogP contribution in [0.25, 0.3) is 0 Å². The Bertz CT molecular complexity index is 742. The normalized spacial score (nSPS) is 45.0. The summed E-state index contributed by atoms with van der Waals surface area (Å²) in [5, 5.41) is 16.7. The third-order valence-electron chi connectivity index (χ3n) is 8.38. The van der Waals surface area contributed by atoms with Crippen molar-refractivity contribution in [3.05, 3.63) is 0 Å². The molecule has 1 saturated carbocycles. The van der Waals surface area contributed by atoms with Crippen molar-refractivity contribution in [2.24, 2.45) is 5.92 Å². The Morgan fingerprint density at radius 3 is 2.81 bits per heavy atom. The van der Waals surface area contributed by atoms with Gasteiger partial charge in [0.1, 0.15) is 6.10 Å². The molecule has 0 aromatic heterocycles. The molecular weight excluding hydrogens is 474 g/mol. The first-order valence-electron chi connectivity index (χ1n) is 12.3. The Kier molecular flexibility index (Phi) is 6.81. The molecule has 5 fully saturated rings. The second-order valence-corrected chi connectivity index (χ2v) is 11.4. The highest BCUT2D eigenvalue weighted by Crippen LogP contribution is 2.37. The van der Waals surface area contributed by atoms with E-state index in [0.717, 1.165) is 45.6 Å². The van der Waals surface area contributed by atoms with E-state index in [1.54, 1.807) is 6.92 Å². The van der Waals surface area contributed by atoms with Gasteiger partial charge in [0.25, 0.3) is 0 Å². The molecule has 6 atom stereocenters. The van der Waals surface area contributed by atoms with Crippen molar-refractivity contribution in [1.82, 2.24) is 20.4 Å². The Hall–Kier alpha value is -0.760. The standard InChI is InChI=1S/C23H36BrN5O3/c1-15(30)28-8-9-31-23(13-28)6-7-29(14-23)17-4-2-16(3-5-17)27-22-21(24)19-10-18(11-25)32-20(19)12-26-22/h16-22,26-27H,2-10,12-14H2,1H3. The maximum Gasteiger partial charge on any atom is 0.219 e. The lowest BCUT2D eigenvalue weighted by Gasteiger charge is -2.42. The molecule has 32 heavy (non-hydrogen) atoms. The van der Waals surface area contributed by atoms with Crippen molar-refractivity contribution in [2.75, 3.05) is 39.3 Å². The Balaban J connectivity index is 1.09. The highest BCUT2D eigenvalue weighted by molar-refractivity contribution is 9.09. The maximum atomic E-state index is 11.9. The van der Waals surface area contributed by atoms with Crippen molar-refractivity contribution in [1.29, 1.82) is 5.26 Å². The zero-order chi connectivity index (χ0) is 22.3. The zero-order valence-electron chi connectivity index (χ0n) is 19.0. The highest BCUT2D eigenvalue weighted by atomic mass is 79.9. The van der Waals surface area contributed by atoms with Gasteiger partial charge in [-0.2, -0.15) is 5.26 Å². The number of alkyl halides is 1. The summed E-state index contributed by atoms with van der Waals surface area (Å²) in [6.07, 6.45) is 6.72. The van der Waals surface area contributed by atoms with Gasteiger partial charge in [0, 0.05) is 55.9 Å². The summed E-state index contributed by atoms with van der Waals surface area (Å²) in [6.45, 7) is 6.64. The molecule has 0 radical (unpaired) electrons. The van der Waals surface area contributed by atoms with Crippen LogP contribution in [-0.4, -0.2) is 95.9 Å². The number of hydrogen-bond acceptors (Lipinski definition) is 7. The number of likely N-dealkylation sites (tertiary alicyclic amines) is 1. The van der Waals surface area contributed by atoms with E-state index in [9.17, 15) is 10.1 Å². The molecule has 1 spiro atoms. The molecule has 0 aromatic carbocycles. The molecule has 5 aliphatic rings. The van der Waals surface area contributed by atoms with Crippen LogP contribution in [0.3, 0.4) is 0 Å². The van der Waals surface area contributed by atoms with Crippen molar-refractivity contribution < 1.29 is 14.3 Å². The fourth-order valence-electron chi connectivity index (χ4n) is 6.55. The number of morpholine rings is 1. The molecule has 5 rings (SSSR count). The fourth-order valence-corrected chi connectivity index (χ4v) is 7.44. The van der Waals surface area contributed by atoms with Crippen molar-refractivity contribution in [2.45, 2.75) is 86.3 Å². The summed E-state index contributed by atoms with van der Waals surface area (Å²) in [4.78, 5) is 16.7. The van der Waals surface area contributed by atoms with Gasteiger partial charge >= 0.3 is 0 Å². The predicted octanol–water partition coefficient (Wildman–Crippen LogP) is 1.20. The fraction of sp³-hybridized carbons (Fsp3) is 0.913. The zero-order valence-corrected chi connectivity index (χ0v) is 20.6. The molecule has 8 nitrogen and oxygen atoms in total. The van der Waals surface area contributed by atoms with Gasteiger partial charge in [0.15, 0.2) is 0 Å². The summed E-state index contributed by atoms with van der Waals surface area (Å²) in [5.41, 5.74) is -0.157. The van der Waals surface area contributed by atoms with Gasteiger partial charge in [-0.3, -0.25) is 20.3 Å².